The van der Waals surface area contributed by atoms with Crippen LogP contribution in [0, 0.1) is 6.92 Å². The van der Waals surface area contributed by atoms with Crippen LogP contribution >= 0.6 is 0 Å². The molecule has 1 N–H and O–H groups in total. The highest BCUT2D eigenvalue weighted by Crippen LogP contribution is 2.15. The zero-order valence-corrected chi connectivity index (χ0v) is 13.5. The average molecular weight is 325 g/mol. The van der Waals surface area contributed by atoms with Gasteiger partial charge >= 0.3 is 0 Å². The maximum absolute atomic E-state index is 12.4. The van der Waals surface area contributed by atoms with Gasteiger partial charge in [-0.15, -0.1) is 0 Å². The van der Waals surface area contributed by atoms with Crippen molar-refractivity contribution in [1.82, 2.24) is 14.9 Å². The van der Waals surface area contributed by atoms with Gasteiger partial charge in [-0.05, 0) is 24.6 Å². The normalized spacial score (nSPS) is 14.4. The molecule has 124 valence electrons. The van der Waals surface area contributed by atoms with Crippen molar-refractivity contribution in [3.05, 3.63) is 47.8 Å². The number of para-hydroxylation sites is 1. The average Bonchev–Trinajstić information content (AvgIpc) is 2.64. The van der Waals surface area contributed by atoms with Crippen LogP contribution in [0.15, 0.2) is 36.5 Å². The van der Waals surface area contributed by atoms with Gasteiger partial charge in [0.1, 0.15) is 5.69 Å². The number of aryl methyl sites for hydroxylation is 1. The maximum atomic E-state index is 12.4. The first-order valence-electron chi connectivity index (χ1n) is 7.81. The molecule has 0 spiro atoms. The van der Waals surface area contributed by atoms with Gasteiger partial charge in [0.15, 0.2) is 0 Å². The Morgan fingerprint density at radius 3 is 2.62 bits per heavy atom. The molecule has 2 aromatic rings. The molecule has 0 atom stereocenters. The van der Waals surface area contributed by atoms with E-state index in [-0.39, 0.29) is 5.91 Å². The second-order valence-corrected chi connectivity index (χ2v) is 5.64. The molecule has 7 nitrogen and oxygen atoms in total. The summed E-state index contributed by atoms with van der Waals surface area (Å²) in [5.41, 5.74) is 2.08. The summed E-state index contributed by atoms with van der Waals surface area (Å²) < 4.78 is 0. The molecule has 7 heteroatoms. The first-order valence-corrected chi connectivity index (χ1v) is 7.81. The summed E-state index contributed by atoms with van der Waals surface area (Å²) in [6.45, 7) is 4.51. The van der Waals surface area contributed by atoms with Crippen molar-refractivity contribution in [3.8, 4) is 0 Å². The lowest BCUT2D eigenvalue weighted by molar-refractivity contribution is -0.118. The van der Waals surface area contributed by atoms with Gasteiger partial charge in [-0.25, -0.2) is 9.97 Å². The standard InChI is InChI=1S/C17H19N5O2/c1-13-4-2-3-5-14(13)19-16(24)15-6-7-18-17(20-15)22-10-8-21(12-23)9-11-22/h2-7,12H,8-11H2,1H3,(H,19,24). The molecule has 0 radical (unpaired) electrons. The van der Waals surface area contributed by atoms with E-state index < -0.39 is 0 Å². The number of amides is 2. The Hall–Kier alpha value is -2.96. The number of piperazine rings is 1. The van der Waals surface area contributed by atoms with Gasteiger partial charge in [0.2, 0.25) is 12.4 Å². The van der Waals surface area contributed by atoms with E-state index in [1.807, 2.05) is 36.1 Å². The Kier molecular flexibility index (Phi) is 4.69. The lowest BCUT2D eigenvalue weighted by Crippen LogP contribution is -2.46. The second-order valence-electron chi connectivity index (χ2n) is 5.64. The van der Waals surface area contributed by atoms with Crippen LogP contribution in [-0.4, -0.2) is 53.4 Å². The van der Waals surface area contributed by atoms with Crippen molar-refractivity contribution >= 4 is 24.0 Å². The molecule has 0 bridgehead atoms. The predicted molar refractivity (Wildman–Crippen MR) is 91.0 cm³/mol. The third-order valence-electron chi connectivity index (χ3n) is 4.01. The minimum atomic E-state index is -0.264. The fourth-order valence-corrected chi connectivity index (χ4v) is 2.55. The largest absolute Gasteiger partial charge is 0.342 e. The van der Waals surface area contributed by atoms with Gasteiger partial charge in [0, 0.05) is 38.1 Å². The Morgan fingerprint density at radius 1 is 1.17 bits per heavy atom. The Bertz CT molecular complexity index is 741. The summed E-state index contributed by atoms with van der Waals surface area (Å²) in [5.74, 6) is 0.248. The molecule has 1 fully saturated rings. The highest BCUT2D eigenvalue weighted by Gasteiger charge is 2.19. The van der Waals surface area contributed by atoms with Gasteiger partial charge < -0.3 is 15.1 Å². The van der Waals surface area contributed by atoms with E-state index >= 15 is 0 Å². The van der Waals surface area contributed by atoms with E-state index in [4.69, 9.17) is 0 Å². The monoisotopic (exact) mass is 325 g/mol. The Morgan fingerprint density at radius 2 is 1.92 bits per heavy atom. The number of rotatable bonds is 4. The van der Waals surface area contributed by atoms with Gasteiger partial charge in [-0.1, -0.05) is 18.2 Å². The smallest absolute Gasteiger partial charge is 0.274 e. The molecule has 0 unspecified atom stereocenters. The first-order chi connectivity index (χ1) is 11.7. The molecule has 3 rings (SSSR count). The quantitative estimate of drug-likeness (QED) is 0.858. The van der Waals surface area contributed by atoms with Crippen LogP contribution in [0.2, 0.25) is 0 Å². The number of hydrogen-bond acceptors (Lipinski definition) is 5. The van der Waals surface area contributed by atoms with Crippen molar-refractivity contribution in [2.45, 2.75) is 6.92 Å². The molecule has 1 aliphatic rings. The van der Waals surface area contributed by atoms with E-state index in [0.717, 1.165) is 17.7 Å². The number of carbonyl (C=O) groups is 2. The maximum Gasteiger partial charge on any atom is 0.274 e. The third kappa shape index (κ3) is 3.51. The van der Waals surface area contributed by atoms with Crippen LogP contribution in [0.4, 0.5) is 11.6 Å². The molecule has 0 saturated carbocycles. The number of hydrogen-bond donors (Lipinski definition) is 1. The number of benzene rings is 1. The summed E-state index contributed by atoms with van der Waals surface area (Å²) in [7, 11) is 0. The zero-order chi connectivity index (χ0) is 16.9. The first kappa shape index (κ1) is 15.9. The van der Waals surface area contributed by atoms with Crippen molar-refractivity contribution in [2.75, 3.05) is 36.4 Å². The van der Waals surface area contributed by atoms with E-state index in [1.165, 1.54) is 0 Å². The predicted octanol–water partition coefficient (Wildman–Crippen LogP) is 1.32. The number of anilines is 2. The molecule has 1 aromatic heterocycles. The number of carbonyl (C=O) groups excluding carboxylic acids is 2. The minimum absolute atomic E-state index is 0.264. The van der Waals surface area contributed by atoms with Crippen molar-refractivity contribution in [3.63, 3.8) is 0 Å². The van der Waals surface area contributed by atoms with E-state index in [2.05, 4.69) is 15.3 Å². The molecule has 1 aliphatic heterocycles. The zero-order valence-electron chi connectivity index (χ0n) is 13.5. The van der Waals surface area contributed by atoms with Crippen LogP contribution in [0.25, 0.3) is 0 Å². The fraction of sp³-hybridized carbons (Fsp3) is 0.294. The van der Waals surface area contributed by atoms with E-state index in [0.29, 0.717) is 37.8 Å². The summed E-state index contributed by atoms with van der Waals surface area (Å²) >= 11 is 0. The van der Waals surface area contributed by atoms with Crippen molar-refractivity contribution in [1.29, 1.82) is 0 Å². The molecule has 1 saturated heterocycles. The van der Waals surface area contributed by atoms with Crippen LogP contribution in [-0.2, 0) is 4.79 Å². The minimum Gasteiger partial charge on any atom is -0.342 e. The molecular weight excluding hydrogens is 306 g/mol. The number of nitrogens with one attached hydrogen (secondary N) is 1. The summed E-state index contributed by atoms with van der Waals surface area (Å²) in [6, 6.07) is 9.19. The Labute approximate surface area is 140 Å². The molecule has 2 amide bonds. The topological polar surface area (TPSA) is 78.4 Å². The van der Waals surface area contributed by atoms with Gasteiger partial charge in [-0.2, -0.15) is 0 Å². The summed E-state index contributed by atoms with van der Waals surface area (Å²) in [5, 5.41) is 2.87. The van der Waals surface area contributed by atoms with Crippen molar-refractivity contribution in [2.24, 2.45) is 0 Å². The summed E-state index contributed by atoms with van der Waals surface area (Å²) in [6.07, 6.45) is 2.44. The highest BCUT2D eigenvalue weighted by atomic mass is 16.2. The Balaban J connectivity index is 1.72. The molecule has 24 heavy (non-hydrogen) atoms. The SMILES string of the molecule is Cc1ccccc1NC(=O)c1ccnc(N2CCN(C=O)CC2)n1. The van der Waals surface area contributed by atoms with Gasteiger partial charge in [-0.3, -0.25) is 9.59 Å². The second kappa shape index (κ2) is 7.08. The van der Waals surface area contributed by atoms with Crippen LogP contribution in [0.5, 0.6) is 0 Å². The van der Waals surface area contributed by atoms with E-state index in [9.17, 15) is 9.59 Å². The molecular formula is C17H19N5O2. The van der Waals surface area contributed by atoms with Crippen molar-refractivity contribution < 1.29 is 9.59 Å². The lowest BCUT2D eigenvalue weighted by atomic mass is 10.2. The lowest BCUT2D eigenvalue weighted by Gasteiger charge is -2.32. The molecule has 0 aliphatic carbocycles. The highest BCUT2D eigenvalue weighted by molar-refractivity contribution is 6.03. The van der Waals surface area contributed by atoms with Crippen LogP contribution < -0.4 is 10.2 Å². The van der Waals surface area contributed by atoms with Crippen LogP contribution in [0.1, 0.15) is 16.1 Å². The number of aromatic nitrogens is 2. The van der Waals surface area contributed by atoms with Gasteiger partial charge in [0.25, 0.3) is 5.91 Å². The summed E-state index contributed by atoms with van der Waals surface area (Å²) in [4.78, 5) is 35.5. The molecule has 1 aromatic carbocycles. The van der Waals surface area contributed by atoms with E-state index in [1.54, 1.807) is 17.2 Å². The number of nitrogens with zero attached hydrogens (tertiary/aromatic N) is 4. The van der Waals surface area contributed by atoms with Gasteiger partial charge in [0.05, 0.1) is 0 Å². The molecule has 2 heterocycles. The van der Waals surface area contributed by atoms with Crippen LogP contribution in [0.3, 0.4) is 0 Å². The fourth-order valence-electron chi connectivity index (χ4n) is 2.55. The third-order valence-corrected chi connectivity index (χ3v) is 4.01.